The van der Waals surface area contributed by atoms with E-state index in [1.54, 1.807) is 16.6 Å². The first-order chi connectivity index (χ1) is 9.53. The Morgan fingerprint density at radius 3 is 2.95 bits per heavy atom. The highest BCUT2D eigenvalue weighted by molar-refractivity contribution is 6.07. The van der Waals surface area contributed by atoms with Crippen molar-refractivity contribution in [2.75, 3.05) is 0 Å². The van der Waals surface area contributed by atoms with E-state index >= 15 is 0 Å². The summed E-state index contributed by atoms with van der Waals surface area (Å²) < 4.78 is 1.63. The molecule has 0 bridgehead atoms. The summed E-state index contributed by atoms with van der Waals surface area (Å²) in [5.41, 5.74) is -0.694. The van der Waals surface area contributed by atoms with Crippen molar-refractivity contribution in [3.05, 3.63) is 12.2 Å². The van der Waals surface area contributed by atoms with Gasteiger partial charge in [-0.05, 0) is 18.8 Å². The van der Waals surface area contributed by atoms with Gasteiger partial charge in [0.1, 0.15) is 17.7 Å². The number of hydrogen-bond donors (Lipinski definition) is 1. The Labute approximate surface area is 117 Å². The van der Waals surface area contributed by atoms with Crippen LogP contribution in [0.2, 0.25) is 0 Å². The lowest BCUT2D eigenvalue weighted by Crippen LogP contribution is -2.52. The summed E-state index contributed by atoms with van der Waals surface area (Å²) in [6.07, 6.45) is 4.99. The fraction of sp³-hybridized carbons (Fsp3) is 0.692. The quantitative estimate of drug-likeness (QED) is 0.811. The first kappa shape index (κ1) is 13.1. The van der Waals surface area contributed by atoms with E-state index in [4.69, 9.17) is 0 Å². The van der Waals surface area contributed by atoms with Crippen LogP contribution in [0.5, 0.6) is 0 Å². The van der Waals surface area contributed by atoms with Gasteiger partial charge in [-0.1, -0.05) is 19.8 Å². The molecule has 1 saturated carbocycles. The predicted molar refractivity (Wildman–Crippen MR) is 70.4 cm³/mol. The lowest BCUT2D eigenvalue weighted by atomic mass is 9.75. The SMILES string of the molecule is CC1CCCC2(C1)C(=O)NC(=O)N2Cc1ncnn1C. The topological polar surface area (TPSA) is 80.1 Å². The molecule has 2 fully saturated rings. The number of hydrogen-bond acceptors (Lipinski definition) is 4. The van der Waals surface area contributed by atoms with Crippen LogP contribution in [0.15, 0.2) is 6.33 Å². The number of urea groups is 1. The maximum Gasteiger partial charge on any atom is 0.325 e. The van der Waals surface area contributed by atoms with Crippen molar-refractivity contribution < 1.29 is 9.59 Å². The zero-order chi connectivity index (χ0) is 14.3. The van der Waals surface area contributed by atoms with Gasteiger partial charge in [-0.3, -0.25) is 14.8 Å². The Morgan fingerprint density at radius 2 is 2.30 bits per heavy atom. The first-order valence-electron chi connectivity index (χ1n) is 6.99. The van der Waals surface area contributed by atoms with Gasteiger partial charge in [-0.2, -0.15) is 5.10 Å². The van der Waals surface area contributed by atoms with E-state index < -0.39 is 5.54 Å². The highest BCUT2D eigenvalue weighted by atomic mass is 16.2. The maximum atomic E-state index is 12.3. The van der Waals surface area contributed by atoms with Crippen LogP contribution < -0.4 is 5.32 Å². The second-order valence-corrected chi connectivity index (χ2v) is 5.88. The minimum atomic E-state index is -0.694. The van der Waals surface area contributed by atoms with Crippen molar-refractivity contribution in [1.82, 2.24) is 25.0 Å². The zero-order valence-electron chi connectivity index (χ0n) is 11.8. The summed E-state index contributed by atoms with van der Waals surface area (Å²) in [7, 11) is 1.79. The number of carbonyl (C=O) groups excluding carboxylic acids is 2. The van der Waals surface area contributed by atoms with Crippen LogP contribution in [-0.2, 0) is 18.4 Å². The Morgan fingerprint density at radius 1 is 1.50 bits per heavy atom. The number of nitrogens with zero attached hydrogens (tertiary/aromatic N) is 4. The summed E-state index contributed by atoms with van der Waals surface area (Å²) in [6, 6.07) is -0.313. The van der Waals surface area contributed by atoms with Gasteiger partial charge in [0.05, 0.1) is 6.54 Å². The summed E-state index contributed by atoms with van der Waals surface area (Å²) >= 11 is 0. The van der Waals surface area contributed by atoms with Gasteiger partial charge in [-0.15, -0.1) is 0 Å². The number of imide groups is 1. The van der Waals surface area contributed by atoms with Crippen molar-refractivity contribution in [2.45, 2.75) is 44.7 Å². The number of carbonyl (C=O) groups is 2. The second kappa shape index (κ2) is 4.57. The third-order valence-electron chi connectivity index (χ3n) is 4.48. The summed E-state index contributed by atoms with van der Waals surface area (Å²) in [5.74, 6) is 0.978. The summed E-state index contributed by atoms with van der Waals surface area (Å²) in [4.78, 5) is 30.3. The first-order valence-corrected chi connectivity index (χ1v) is 6.99. The molecule has 2 unspecified atom stereocenters. The molecular formula is C13H19N5O2. The minimum absolute atomic E-state index is 0.156. The summed E-state index contributed by atoms with van der Waals surface area (Å²) in [5, 5.41) is 6.48. The lowest BCUT2D eigenvalue weighted by Gasteiger charge is -2.40. The van der Waals surface area contributed by atoms with Gasteiger partial charge < -0.3 is 4.90 Å². The third kappa shape index (κ3) is 1.88. The number of aromatic nitrogens is 3. The van der Waals surface area contributed by atoms with Gasteiger partial charge >= 0.3 is 6.03 Å². The zero-order valence-corrected chi connectivity index (χ0v) is 11.8. The molecule has 3 amide bonds. The number of nitrogens with one attached hydrogen (secondary N) is 1. The second-order valence-electron chi connectivity index (χ2n) is 5.88. The monoisotopic (exact) mass is 277 g/mol. The van der Waals surface area contributed by atoms with Crippen LogP contribution in [0.1, 0.15) is 38.4 Å². The molecule has 1 aliphatic heterocycles. The molecule has 1 N–H and O–H groups in total. The number of aryl methyl sites for hydroxylation is 1. The van der Waals surface area contributed by atoms with Crippen LogP contribution in [-0.4, -0.2) is 37.1 Å². The van der Waals surface area contributed by atoms with Crippen molar-refractivity contribution >= 4 is 11.9 Å². The lowest BCUT2D eigenvalue weighted by molar-refractivity contribution is -0.129. The molecular weight excluding hydrogens is 258 g/mol. The van der Waals surface area contributed by atoms with Crippen molar-refractivity contribution in [2.24, 2.45) is 13.0 Å². The molecule has 108 valence electrons. The van der Waals surface area contributed by atoms with E-state index in [1.165, 1.54) is 6.33 Å². The highest BCUT2D eigenvalue weighted by Crippen LogP contribution is 2.40. The third-order valence-corrected chi connectivity index (χ3v) is 4.48. The Kier molecular flexibility index (Phi) is 2.99. The minimum Gasteiger partial charge on any atom is -0.302 e. The van der Waals surface area contributed by atoms with Crippen LogP contribution in [0.3, 0.4) is 0 Å². The molecule has 2 heterocycles. The van der Waals surface area contributed by atoms with Crippen molar-refractivity contribution in [1.29, 1.82) is 0 Å². The van der Waals surface area contributed by atoms with Crippen molar-refractivity contribution in [3.63, 3.8) is 0 Å². The van der Waals surface area contributed by atoms with E-state index in [1.807, 2.05) is 0 Å². The average Bonchev–Trinajstić information content (AvgIpc) is 2.88. The van der Waals surface area contributed by atoms with Crippen LogP contribution in [0.4, 0.5) is 4.79 Å². The molecule has 0 aromatic carbocycles. The van der Waals surface area contributed by atoms with Crippen molar-refractivity contribution in [3.8, 4) is 0 Å². The Balaban J connectivity index is 1.92. The van der Waals surface area contributed by atoms with Crippen LogP contribution >= 0.6 is 0 Å². The molecule has 1 aromatic rings. The van der Waals surface area contributed by atoms with Gasteiger partial charge in [0.2, 0.25) is 0 Å². The maximum absolute atomic E-state index is 12.3. The molecule has 7 heteroatoms. The fourth-order valence-corrected chi connectivity index (χ4v) is 3.40. The molecule has 1 spiro atoms. The van der Waals surface area contributed by atoms with E-state index in [9.17, 15) is 9.59 Å². The Bertz CT molecular complexity index is 555. The predicted octanol–water partition coefficient (Wildman–Crippen LogP) is 0.816. The van der Waals surface area contributed by atoms with Crippen LogP contribution in [0.25, 0.3) is 0 Å². The molecule has 3 rings (SSSR count). The van der Waals surface area contributed by atoms with Crippen LogP contribution in [0, 0.1) is 5.92 Å². The van der Waals surface area contributed by atoms with E-state index in [0.29, 0.717) is 18.3 Å². The molecule has 0 radical (unpaired) electrons. The van der Waals surface area contributed by atoms with E-state index in [0.717, 1.165) is 25.7 Å². The molecule has 7 nitrogen and oxygen atoms in total. The molecule has 2 atom stereocenters. The molecule has 1 aliphatic carbocycles. The highest BCUT2D eigenvalue weighted by Gasteiger charge is 2.54. The molecule has 1 saturated heterocycles. The standard InChI is InChI=1S/C13H19N5O2/c1-9-4-3-5-13(6-9)11(19)16-12(20)18(13)7-10-14-8-15-17(10)2/h8-9H,3-7H2,1-2H3,(H,16,19,20). The number of amides is 3. The molecule has 1 aromatic heterocycles. The van der Waals surface area contributed by atoms with Gasteiger partial charge in [0, 0.05) is 7.05 Å². The number of rotatable bonds is 2. The largest absolute Gasteiger partial charge is 0.325 e. The van der Waals surface area contributed by atoms with E-state index in [2.05, 4.69) is 22.3 Å². The fourth-order valence-electron chi connectivity index (χ4n) is 3.40. The smallest absolute Gasteiger partial charge is 0.302 e. The molecule has 2 aliphatic rings. The molecule has 20 heavy (non-hydrogen) atoms. The van der Waals surface area contributed by atoms with E-state index in [-0.39, 0.29) is 11.9 Å². The normalized spacial score (nSPS) is 30.1. The summed E-state index contributed by atoms with van der Waals surface area (Å²) in [6.45, 7) is 2.46. The van der Waals surface area contributed by atoms with Gasteiger partial charge in [0.15, 0.2) is 0 Å². The average molecular weight is 277 g/mol. The van der Waals surface area contributed by atoms with Gasteiger partial charge in [0.25, 0.3) is 5.91 Å². The Hall–Kier alpha value is -1.92. The van der Waals surface area contributed by atoms with Gasteiger partial charge in [-0.25, -0.2) is 9.78 Å².